The quantitative estimate of drug-likeness (QED) is 0.814. The zero-order valence-corrected chi connectivity index (χ0v) is 9.21. The fourth-order valence-corrected chi connectivity index (χ4v) is 2.29. The highest BCUT2D eigenvalue weighted by atomic mass is 32.1. The van der Waals surface area contributed by atoms with Crippen molar-refractivity contribution < 1.29 is 10.2 Å². The molecule has 2 rings (SSSR count). The maximum atomic E-state index is 9.73. The van der Waals surface area contributed by atoms with Crippen molar-refractivity contribution in [1.82, 2.24) is 0 Å². The van der Waals surface area contributed by atoms with Gasteiger partial charge in [0.05, 0.1) is 0 Å². The van der Waals surface area contributed by atoms with E-state index in [1.165, 1.54) is 6.07 Å². The van der Waals surface area contributed by atoms with Gasteiger partial charge in [0.25, 0.3) is 0 Å². The SMILES string of the molecule is CCc1cc(-c2cccs2)c(O)cc1O. The van der Waals surface area contributed by atoms with E-state index in [0.717, 1.165) is 22.4 Å². The molecular formula is C12H12O2S. The van der Waals surface area contributed by atoms with Crippen molar-refractivity contribution in [3.8, 4) is 21.9 Å². The second kappa shape index (κ2) is 3.95. The first-order valence-corrected chi connectivity index (χ1v) is 5.69. The fraction of sp³-hybridized carbons (Fsp3) is 0.167. The molecule has 1 aromatic heterocycles. The van der Waals surface area contributed by atoms with Crippen molar-refractivity contribution in [1.29, 1.82) is 0 Å². The summed E-state index contributed by atoms with van der Waals surface area (Å²) in [5, 5.41) is 21.3. The lowest BCUT2D eigenvalue weighted by molar-refractivity contribution is 0.448. The third-order valence-corrected chi connectivity index (χ3v) is 3.27. The van der Waals surface area contributed by atoms with Crippen molar-refractivity contribution in [2.24, 2.45) is 0 Å². The van der Waals surface area contributed by atoms with Gasteiger partial charge in [-0.05, 0) is 29.5 Å². The van der Waals surface area contributed by atoms with E-state index >= 15 is 0 Å². The summed E-state index contributed by atoms with van der Waals surface area (Å²) in [7, 11) is 0. The Hall–Kier alpha value is -1.48. The molecular weight excluding hydrogens is 208 g/mol. The zero-order chi connectivity index (χ0) is 10.8. The largest absolute Gasteiger partial charge is 0.508 e. The molecule has 78 valence electrons. The second-order valence-corrected chi connectivity index (χ2v) is 4.28. The van der Waals surface area contributed by atoms with Gasteiger partial charge in [-0.1, -0.05) is 13.0 Å². The van der Waals surface area contributed by atoms with Crippen LogP contribution in [0.4, 0.5) is 0 Å². The topological polar surface area (TPSA) is 40.5 Å². The smallest absolute Gasteiger partial charge is 0.127 e. The lowest BCUT2D eigenvalue weighted by atomic mass is 10.1. The van der Waals surface area contributed by atoms with E-state index in [0.29, 0.717) is 0 Å². The van der Waals surface area contributed by atoms with Crippen molar-refractivity contribution in [2.45, 2.75) is 13.3 Å². The molecule has 0 radical (unpaired) electrons. The minimum Gasteiger partial charge on any atom is -0.508 e. The average Bonchev–Trinajstić information content (AvgIpc) is 2.71. The van der Waals surface area contributed by atoms with Gasteiger partial charge in [-0.2, -0.15) is 0 Å². The van der Waals surface area contributed by atoms with Crippen LogP contribution in [0.2, 0.25) is 0 Å². The number of phenols is 2. The first-order valence-electron chi connectivity index (χ1n) is 4.81. The zero-order valence-electron chi connectivity index (χ0n) is 8.40. The highest BCUT2D eigenvalue weighted by Gasteiger charge is 2.09. The number of thiophene rings is 1. The molecule has 0 aliphatic rings. The summed E-state index contributed by atoms with van der Waals surface area (Å²) in [6, 6.07) is 7.15. The Labute approximate surface area is 92.4 Å². The van der Waals surface area contributed by atoms with E-state index in [4.69, 9.17) is 0 Å². The van der Waals surface area contributed by atoms with E-state index in [2.05, 4.69) is 0 Å². The molecule has 1 heterocycles. The van der Waals surface area contributed by atoms with Crippen molar-refractivity contribution in [2.75, 3.05) is 0 Å². The van der Waals surface area contributed by atoms with Gasteiger partial charge in [0.1, 0.15) is 11.5 Å². The van der Waals surface area contributed by atoms with Crippen LogP contribution in [0, 0.1) is 0 Å². The van der Waals surface area contributed by atoms with Gasteiger partial charge in [-0.15, -0.1) is 11.3 Å². The third kappa shape index (κ3) is 1.83. The predicted octanol–water partition coefficient (Wildman–Crippen LogP) is 3.39. The molecule has 2 aromatic rings. The van der Waals surface area contributed by atoms with Crippen LogP contribution < -0.4 is 0 Å². The standard InChI is InChI=1S/C12H12O2S/c1-2-8-6-9(11(14)7-10(8)13)12-4-3-5-15-12/h3-7,13-14H,2H2,1H3. The number of aromatic hydroxyl groups is 2. The van der Waals surface area contributed by atoms with E-state index in [1.54, 1.807) is 11.3 Å². The maximum Gasteiger partial charge on any atom is 0.127 e. The summed E-state index contributed by atoms with van der Waals surface area (Å²) in [6.07, 6.45) is 0.754. The Balaban J connectivity index is 2.57. The summed E-state index contributed by atoms with van der Waals surface area (Å²) in [5.74, 6) is 0.294. The number of rotatable bonds is 2. The van der Waals surface area contributed by atoms with Gasteiger partial charge in [0.15, 0.2) is 0 Å². The molecule has 0 fully saturated rings. The van der Waals surface area contributed by atoms with Crippen LogP contribution in [-0.2, 0) is 6.42 Å². The normalized spacial score (nSPS) is 10.5. The Morgan fingerprint density at radius 3 is 2.60 bits per heavy atom. The van der Waals surface area contributed by atoms with Gasteiger partial charge in [0.2, 0.25) is 0 Å². The molecule has 3 heteroatoms. The lowest BCUT2D eigenvalue weighted by Gasteiger charge is -2.07. The monoisotopic (exact) mass is 220 g/mol. The molecule has 0 aliphatic carbocycles. The number of hydrogen-bond donors (Lipinski definition) is 2. The van der Waals surface area contributed by atoms with Gasteiger partial charge in [-0.3, -0.25) is 0 Å². The van der Waals surface area contributed by atoms with Crippen LogP contribution in [0.15, 0.2) is 29.6 Å². The Morgan fingerprint density at radius 2 is 2.00 bits per heavy atom. The minimum absolute atomic E-state index is 0.132. The van der Waals surface area contributed by atoms with Gasteiger partial charge >= 0.3 is 0 Å². The van der Waals surface area contributed by atoms with Crippen molar-refractivity contribution in [3.63, 3.8) is 0 Å². The van der Waals surface area contributed by atoms with Crippen LogP contribution in [-0.4, -0.2) is 10.2 Å². The van der Waals surface area contributed by atoms with Crippen LogP contribution in [0.5, 0.6) is 11.5 Å². The predicted molar refractivity (Wildman–Crippen MR) is 62.5 cm³/mol. The van der Waals surface area contributed by atoms with Crippen LogP contribution in [0.25, 0.3) is 10.4 Å². The van der Waals surface area contributed by atoms with Crippen molar-refractivity contribution in [3.05, 3.63) is 35.2 Å². The van der Waals surface area contributed by atoms with Crippen LogP contribution in [0.3, 0.4) is 0 Å². The van der Waals surface area contributed by atoms with E-state index in [9.17, 15) is 10.2 Å². The summed E-state index contributed by atoms with van der Waals surface area (Å²) >= 11 is 1.57. The summed E-state index contributed by atoms with van der Waals surface area (Å²) in [6.45, 7) is 1.98. The molecule has 0 atom stereocenters. The van der Waals surface area contributed by atoms with Gasteiger partial charge < -0.3 is 10.2 Å². The summed E-state index contributed by atoms with van der Waals surface area (Å²) < 4.78 is 0. The Kier molecular flexibility index (Phi) is 2.64. The number of phenolic OH excluding ortho intramolecular Hbond substituents is 2. The fourth-order valence-electron chi connectivity index (χ4n) is 1.53. The Bertz CT molecular complexity index is 461. The first kappa shape index (κ1) is 10.1. The molecule has 2 N–H and O–H groups in total. The summed E-state index contributed by atoms with van der Waals surface area (Å²) in [4.78, 5) is 1.02. The molecule has 0 bridgehead atoms. The number of aryl methyl sites for hydroxylation is 1. The molecule has 2 nitrogen and oxygen atoms in total. The molecule has 0 aliphatic heterocycles. The Morgan fingerprint density at radius 1 is 1.20 bits per heavy atom. The summed E-state index contributed by atoms with van der Waals surface area (Å²) in [5.41, 5.74) is 1.65. The molecule has 15 heavy (non-hydrogen) atoms. The molecule has 1 aromatic carbocycles. The van der Waals surface area contributed by atoms with Crippen LogP contribution >= 0.6 is 11.3 Å². The van der Waals surface area contributed by atoms with Gasteiger partial charge in [-0.25, -0.2) is 0 Å². The number of hydrogen-bond acceptors (Lipinski definition) is 3. The van der Waals surface area contributed by atoms with E-state index < -0.39 is 0 Å². The molecule has 0 amide bonds. The van der Waals surface area contributed by atoms with E-state index in [1.807, 2.05) is 30.5 Å². The van der Waals surface area contributed by atoms with Gasteiger partial charge in [0, 0.05) is 16.5 Å². The second-order valence-electron chi connectivity index (χ2n) is 3.33. The molecule has 0 unspecified atom stereocenters. The maximum absolute atomic E-state index is 9.73. The molecule has 0 saturated carbocycles. The highest BCUT2D eigenvalue weighted by molar-refractivity contribution is 7.13. The lowest BCUT2D eigenvalue weighted by Crippen LogP contribution is -1.84. The average molecular weight is 220 g/mol. The third-order valence-electron chi connectivity index (χ3n) is 2.36. The van der Waals surface area contributed by atoms with Crippen molar-refractivity contribution >= 4 is 11.3 Å². The highest BCUT2D eigenvalue weighted by Crippen LogP contribution is 2.37. The van der Waals surface area contributed by atoms with Crippen LogP contribution in [0.1, 0.15) is 12.5 Å². The minimum atomic E-state index is 0.132. The molecule has 0 spiro atoms. The first-order chi connectivity index (χ1) is 7.22. The van der Waals surface area contributed by atoms with E-state index in [-0.39, 0.29) is 11.5 Å². The molecule has 0 saturated heterocycles. The number of benzene rings is 1.